The third-order valence-electron chi connectivity index (χ3n) is 17.3. The average molecular weight is 879 g/mol. The fourth-order valence-electron chi connectivity index (χ4n) is 14.4. The second kappa shape index (κ2) is 12.7. The Morgan fingerprint density at radius 1 is 0.275 bits per heavy atom. The first-order valence-electron chi connectivity index (χ1n) is 24.6. The molecule has 0 unspecified atom stereocenters. The van der Waals surface area contributed by atoms with E-state index in [-0.39, 0.29) is 10.8 Å². The number of aromatic nitrogens is 2. The van der Waals surface area contributed by atoms with Crippen molar-refractivity contribution < 1.29 is 0 Å². The summed E-state index contributed by atoms with van der Waals surface area (Å²) < 4.78 is 5.27. The van der Waals surface area contributed by atoms with Crippen LogP contribution in [0, 0.1) is 0 Å². The summed E-state index contributed by atoms with van der Waals surface area (Å²) in [6.45, 7) is 9.61. The van der Waals surface area contributed by atoms with Gasteiger partial charge in [-0.2, -0.15) is 0 Å². The number of para-hydroxylation sites is 2. The van der Waals surface area contributed by atoms with Gasteiger partial charge in [-0.15, -0.1) is 0 Å². The van der Waals surface area contributed by atoms with E-state index in [9.17, 15) is 0 Å². The van der Waals surface area contributed by atoms with E-state index in [1.165, 1.54) is 144 Å². The van der Waals surface area contributed by atoms with Crippen molar-refractivity contribution in [3.63, 3.8) is 0 Å². The molecule has 0 fully saturated rings. The summed E-state index contributed by atoms with van der Waals surface area (Å²) in [6, 6.07) is 79.1. The number of rotatable bonds is 2. The Kier molecular flexibility index (Phi) is 6.94. The molecule has 1 spiro atoms. The molecule has 2 heteroatoms. The van der Waals surface area contributed by atoms with Gasteiger partial charge in [-0.1, -0.05) is 185 Å². The topological polar surface area (TPSA) is 9.86 Å². The first-order valence-corrected chi connectivity index (χ1v) is 24.6. The lowest BCUT2D eigenvalue weighted by atomic mass is 9.69. The molecule has 10 aromatic carbocycles. The highest BCUT2D eigenvalue weighted by Gasteiger charge is 2.55. The monoisotopic (exact) mass is 878 g/mol. The van der Waals surface area contributed by atoms with Crippen molar-refractivity contribution in [2.24, 2.45) is 0 Å². The van der Waals surface area contributed by atoms with Crippen LogP contribution in [0.1, 0.15) is 72.2 Å². The van der Waals surface area contributed by atoms with E-state index in [1.54, 1.807) is 0 Å². The number of hydrogen-bond donors (Lipinski definition) is 0. The number of benzene rings is 10. The molecule has 4 aliphatic rings. The summed E-state index contributed by atoms with van der Waals surface area (Å²) >= 11 is 0. The van der Waals surface area contributed by atoms with Crippen LogP contribution in [-0.4, -0.2) is 9.13 Å². The average Bonchev–Trinajstić information content (AvgIpc) is 4.18. The van der Waals surface area contributed by atoms with Gasteiger partial charge in [0, 0.05) is 54.9 Å². The van der Waals surface area contributed by atoms with Crippen LogP contribution in [-0.2, 0) is 16.2 Å². The Bertz CT molecular complexity index is 4010. The molecule has 2 nitrogen and oxygen atoms in total. The summed E-state index contributed by atoms with van der Waals surface area (Å²) in [7, 11) is 0. The van der Waals surface area contributed by atoms with Gasteiger partial charge in [-0.05, 0) is 126 Å². The van der Waals surface area contributed by atoms with Crippen molar-refractivity contribution in [3.8, 4) is 55.9 Å². The maximum Gasteiger partial charge on any atom is 0.0767 e. The van der Waals surface area contributed by atoms with Gasteiger partial charge in [-0.25, -0.2) is 0 Å². The minimum absolute atomic E-state index is 0.144. The van der Waals surface area contributed by atoms with Crippen molar-refractivity contribution in [2.45, 2.75) is 43.9 Å². The second-order valence-electron chi connectivity index (χ2n) is 21.1. The fraction of sp³-hybridized carbons (Fsp3) is 0.104. The molecule has 69 heavy (non-hydrogen) atoms. The van der Waals surface area contributed by atoms with Crippen LogP contribution in [0.15, 0.2) is 206 Å². The Labute approximate surface area is 401 Å². The molecule has 324 valence electrons. The zero-order valence-corrected chi connectivity index (χ0v) is 39.0. The van der Waals surface area contributed by atoms with Crippen molar-refractivity contribution in [1.82, 2.24) is 9.13 Å². The Hall–Kier alpha value is -8.20. The molecule has 0 saturated heterocycles. The van der Waals surface area contributed by atoms with Gasteiger partial charge in [0.1, 0.15) is 0 Å². The predicted molar refractivity (Wildman–Crippen MR) is 287 cm³/mol. The minimum Gasteiger partial charge on any atom is -0.309 e. The molecular weight excluding hydrogens is 833 g/mol. The van der Waals surface area contributed by atoms with Gasteiger partial charge in [0.15, 0.2) is 0 Å². The van der Waals surface area contributed by atoms with Gasteiger partial charge in [0.05, 0.1) is 27.5 Å². The lowest BCUT2D eigenvalue weighted by Crippen LogP contribution is -2.27. The van der Waals surface area contributed by atoms with Crippen molar-refractivity contribution in [3.05, 3.63) is 251 Å². The third kappa shape index (κ3) is 4.37. The van der Waals surface area contributed by atoms with Gasteiger partial charge in [-0.3, -0.25) is 0 Å². The van der Waals surface area contributed by atoms with Crippen molar-refractivity contribution in [2.75, 3.05) is 0 Å². The van der Waals surface area contributed by atoms with Crippen LogP contribution in [0.2, 0.25) is 0 Å². The molecule has 4 aliphatic carbocycles. The van der Waals surface area contributed by atoms with Gasteiger partial charge >= 0.3 is 0 Å². The van der Waals surface area contributed by atoms with Gasteiger partial charge < -0.3 is 9.13 Å². The fourth-order valence-corrected chi connectivity index (χ4v) is 14.4. The maximum atomic E-state index is 2.63. The molecule has 0 N–H and O–H groups in total. The van der Waals surface area contributed by atoms with Gasteiger partial charge in [0.25, 0.3) is 0 Å². The summed E-state index contributed by atoms with van der Waals surface area (Å²) in [5, 5.41) is 5.14. The largest absolute Gasteiger partial charge is 0.309 e. The van der Waals surface area contributed by atoms with Crippen LogP contribution in [0.5, 0.6) is 0 Å². The minimum atomic E-state index is -0.665. The third-order valence-corrected chi connectivity index (χ3v) is 17.3. The smallest absolute Gasteiger partial charge is 0.0767 e. The normalized spacial score (nSPS) is 15.6. The number of hydrogen-bond acceptors (Lipinski definition) is 0. The van der Waals surface area contributed by atoms with Crippen LogP contribution in [0.4, 0.5) is 0 Å². The highest BCUT2D eigenvalue weighted by molar-refractivity contribution is 6.19. The summed E-state index contributed by atoms with van der Waals surface area (Å²) in [5.41, 5.74) is 28.0. The summed E-state index contributed by atoms with van der Waals surface area (Å²) in [6.07, 6.45) is 0. The second-order valence-corrected chi connectivity index (χ2v) is 21.1. The van der Waals surface area contributed by atoms with E-state index in [2.05, 4.69) is 243 Å². The maximum absolute atomic E-state index is 2.63. The summed E-state index contributed by atoms with van der Waals surface area (Å²) in [5.74, 6) is 0. The van der Waals surface area contributed by atoms with Crippen LogP contribution in [0.3, 0.4) is 0 Å². The van der Waals surface area contributed by atoms with E-state index >= 15 is 0 Å². The zero-order valence-electron chi connectivity index (χ0n) is 39.0. The van der Waals surface area contributed by atoms with E-state index in [4.69, 9.17) is 0 Å². The van der Waals surface area contributed by atoms with Crippen molar-refractivity contribution >= 4 is 43.6 Å². The molecular formula is C67H46N2. The highest BCUT2D eigenvalue weighted by Crippen LogP contribution is 2.67. The van der Waals surface area contributed by atoms with Crippen LogP contribution < -0.4 is 0 Å². The SMILES string of the molecule is CC1(C)c2ccccc2-c2cc3c4ccc5c(c4n(-c4ccccc4)c3cc21)C1(c2ccccc2-5)c2ccccc2-c2ccc3c4cc5c(cc4n(-c4ccccc4)c3c21)C(C)(C)c1ccccc1-5. The molecule has 12 aromatic rings. The Morgan fingerprint density at radius 3 is 1.03 bits per heavy atom. The van der Waals surface area contributed by atoms with Gasteiger partial charge in [0.2, 0.25) is 0 Å². The van der Waals surface area contributed by atoms with E-state index in [0.29, 0.717) is 0 Å². The lowest BCUT2D eigenvalue weighted by Gasteiger charge is -2.32. The van der Waals surface area contributed by atoms with Crippen LogP contribution in [0.25, 0.3) is 99.5 Å². The first-order chi connectivity index (χ1) is 33.8. The summed E-state index contributed by atoms with van der Waals surface area (Å²) in [4.78, 5) is 0. The van der Waals surface area contributed by atoms with E-state index in [0.717, 1.165) is 0 Å². The first kappa shape index (κ1) is 37.8. The zero-order chi connectivity index (χ0) is 45.7. The Morgan fingerprint density at radius 2 is 0.623 bits per heavy atom. The molecule has 0 amide bonds. The van der Waals surface area contributed by atoms with Crippen LogP contribution >= 0.6 is 0 Å². The predicted octanol–water partition coefficient (Wildman–Crippen LogP) is 16.8. The molecule has 16 rings (SSSR count). The Balaban J connectivity index is 1.12. The molecule has 2 heterocycles. The quantitative estimate of drug-likeness (QED) is 0.164. The van der Waals surface area contributed by atoms with Crippen molar-refractivity contribution in [1.29, 1.82) is 0 Å². The number of nitrogens with zero attached hydrogens (tertiary/aromatic N) is 2. The molecule has 0 radical (unpaired) electrons. The molecule has 0 bridgehead atoms. The van der Waals surface area contributed by atoms with E-state index < -0.39 is 5.41 Å². The standard InChI is InChI=1S/C67H46N2/c1-65(2)53-27-15-11-25-43(53)49-35-51-47-33-31-45-41-23-13-17-29-55(41)67(61(45)63(47)68(59(51)37-57(49)65)39-19-7-5-8-20-39)56-30-18-14-24-42(56)46-32-34-48-52-36-50-44-26-12-16-28-54(44)66(3,4)58(50)38-60(52)69(64(48)62(46)67)40-21-9-6-10-22-40/h5-38H,1-4H3. The van der Waals surface area contributed by atoms with E-state index in [1.807, 2.05) is 0 Å². The highest BCUT2D eigenvalue weighted by atomic mass is 15.0. The molecule has 0 aliphatic heterocycles. The molecule has 0 atom stereocenters. The number of fused-ring (bicyclic) bond motifs is 24. The molecule has 2 aromatic heterocycles. The molecule has 0 saturated carbocycles. The lowest BCUT2D eigenvalue weighted by molar-refractivity contribution is 0.661.